The second-order valence-corrected chi connectivity index (χ2v) is 9.13. The number of piperidine rings is 1. The molecule has 8 heteroatoms. The van der Waals surface area contributed by atoms with Crippen molar-refractivity contribution < 1.29 is 9.53 Å². The summed E-state index contributed by atoms with van der Waals surface area (Å²) in [5.74, 6) is 2.75. The molecule has 4 heterocycles. The standard InChI is InChI=1S/C22H30N6O2/c1-30-21-17(3-2-10-23-21)14-27-11-8-22(9-12-27)7-6-18-25-26-19(28(18)15-22)20(29)24-13-16-4-5-16/h2-3,10,16H,4-9,11-15H2,1H3,(H,24,29). The summed E-state index contributed by atoms with van der Waals surface area (Å²) in [5.41, 5.74) is 1.37. The summed E-state index contributed by atoms with van der Waals surface area (Å²) < 4.78 is 7.50. The van der Waals surface area contributed by atoms with Gasteiger partial charge in [0.2, 0.25) is 11.7 Å². The number of carbonyl (C=O) groups excluding carboxylic acids is 1. The van der Waals surface area contributed by atoms with Gasteiger partial charge >= 0.3 is 0 Å². The summed E-state index contributed by atoms with van der Waals surface area (Å²) in [6.07, 6.45) is 8.49. The van der Waals surface area contributed by atoms with Gasteiger partial charge in [-0.3, -0.25) is 9.69 Å². The van der Waals surface area contributed by atoms with Crippen LogP contribution in [-0.4, -0.2) is 57.3 Å². The first kappa shape index (κ1) is 19.5. The van der Waals surface area contributed by atoms with Crippen LogP contribution in [0.2, 0.25) is 0 Å². The Morgan fingerprint density at radius 2 is 2.10 bits per heavy atom. The van der Waals surface area contributed by atoms with Crippen molar-refractivity contribution in [2.45, 2.75) is 51.6 Å². The fourth-order valence-electron chi connectivity index (χ4n) is 4.85. The van der Waals surface area contributed by atoms with E-state index >= 15 is 0 Å². The van der Waals surface area contributed by atoms with E-state index in [1.165, 1.54) is 12.8 Å². The van der Waals surface area contributed by atoms with E-state index in [0.29, 0.717) is 17.6 Å². The lowest BCUT2D eigenvalue weighted by Gasteiger charge is -2.44. The number of nitrogens with zero attached hydrogens (tertiary/aromatic N) is 5. The van der Waals surface area contributed by atoms with E-state index in [1.54, 1.807) is 13.3 Å². The molecule has 0 unspecified atom stereocenters. The van der Waals surface area contributed by atoms with Gasteiger partial charge in [0.25, 0.3) is 5.91 Å². The SMILES string of the molecule is COc1ncccc1CN1CCC2(CCc3nnc(C(=O)NCC4CC4)n3C2)CC1. The van der Waals surface area contributed by atoms with Gasteiger partial charge in [0, 0.05) is 37.8 Å². The van der Waals surface area contributed by atoms with Gasteiger partial charge in [0.05, 0.1) is 7.11 Å². The summed E-state index contributed by atoms with van der Waals surface area (Å²) in [7, 11) is 1.67. The Morgan fingerprint density at radius 1 is 1.27 bits per heavy atom. The summed E-state index contributed by atoms with van der Waals surface area (Å²) >= 11 is 0. The van der Waals surface area contributed by atoms with Gasteiger partial charge in [-0.15, -0.1) is 10.2 Å². The van der Waals surface area contributed by atoms with Gasteiger partial charge in [-0.1, -0.05) is 6.07 Å². The molecule has 2 aromatic rings. The Bertz CT molecular complexity index is 914. The number of ether oxygens (including phenoxy) is 1. The smallest absolute Gasteiger partial charge is 0.289 e. The first-order valence-corrected chi connectivity index (χ1v) is 11.1. The van der Waals surface area contributed by atoms with E-state index in [2.05, 4.69) is 36.0 Å². The zero-order valence-corrected chi connectivity index (χ0v) is 17.6. The summed E-state index contributed by atoms with van der Waals surface area (Å²) in [5, 5.41) is 11.6. The second kappa shape index (κ2) is 7.98. The molecular formula is C22H30N6O2. The minimum atomic E-state index is -0.0705. The van der Waals surface area contributed by atoms with Crippen molar-refractivity contribution in [3.8, 4) is 5.88 Å². The molecule has 1 N–H and O–H groups in total. The largest absolute Gasteiger partial charge is 0.481 e. The third-order valence-corrected chi connectivity index (χ3v) is 7.01. The fraction of sp³-hybridized carbons (Fsp3) is 0.636. The molecule has 0 bridgehead atoms. The Kier molecular flexibility index (Phi) is 5.18. The zero-order valence-electron chi connectivity index (χ0n) is 17.6. The van der Waals surface area contributed by atoms with Crippen LogP contribution in [0.15, 0.2) is 18.3 Å². The number of aryl methyl sites for hydroxylation is 1. The van der Waals surface area contributed by atoms with Gasteiger partial charge in [-0.2, -0.15) is 0 Å². The van der Waals surface area contributed by atoms with Gasteiger partial charge in [-0.05, 0) is 62.6 Å². The van der Waals surface area contributed by atoms with E-state index in [9.17, 15) is 4.79 Å². The number of nitrogens with one attached hydrogen (secondary N) is 1. The topological polar surface area (TPSA) is 85.2 Å². The molecule has 1 aliphatic carbocycles. The molecule has 2 aromatic heterocycles. The molecule has 0 aromatic carbocycles. The van der Waals surface area contributed by atoms with Crippen molar-refractivity contribution >= 4 is 5.91 Å². The molecule has 5 rings (SSSR count). The van der Waals surface area contributed by atoms with Crippen molar-refractivity contribution in [2.75, 3.05) is 26.7 Å². The molecule has 30 heavy (non-hydrogen) atoms. The first-order valence-electron chi connectivity index (χ1n) is 11.1. The molecule has 0 radical (unpaired) electrons. The highest BCUT2D eigenvalue weighted by Gasteiger charge is 2.40. The molecular weight excluding hydrogens is 380 g/mol. The number of hydrogen-bond acceptors (Lipinski definition) is 6. The van der Waals surface area contributed by atoms with Crippen molar-refractivity contribution in [1.82, 2.24) is 30.0 Å². The molecule has 0 atom stereocenters. The highest BCUT2D eigenvalue weighted by atomic mass is 16.5. The molecule has 3 aliphatic rings. The molecule has 8 nitrogen and oxygen atoms in total. The van der Waals surface area contributed by atoms with Gasteiger partial charge in [0.15, 0.2) is 0 Å². The highest BCUT2D eigenvalue weighted by molar-refractivity contribution is 5.90. The van der Waals surface area contributed by atoms with Crippen molar-refractivity contribution in [2.24, 2.45) is 11.3 Å². The van der Waals surface area contributed by atoms with Crippen LogP contribution in [0.1, 0.15) is 54.1 Å². The van der Waals surface area contributed by atoms with E-state index in [4.69, 9.17) is 4.74 Å². The first-order chi connectivity index (χ1) is 14.7. The van der Waals surface area contributed by atoms with E-state index < -0.39 is 0 Å². The number of pyridine rings is 1. The number of likely N-dealkylation sites (tertiary alicyclic amines) is 1. The predicted molar refractivity (Wildman–Crippen MR) is 111 cm³/mol. The van der Waals surface area contributed by atoms with E-state index in [1.807, 2.05) is 6.07 Å². The lowest BCUT2D eigenvalue weighted by molar-refractivity contribution is 0.0614. The number of amides is 1. The van der Waals surface area contributed by atoms with Crippen LogP contribution >= 0.6 is 0 Å². The number of aromatic nitrogens is 4. The minimum Gasteiger partial charge on any atom is -0.481 e. The Morgan fingerprint density at radius 3 is 2.87 bits per heavy atom. The van der Waals surface area contributed by atoms with Crippen molar-refractivity contribution in [3.05, 3.63) is 35.5 Å². The van der Waals surface area contributed by atoms with Crippen LogP contribution in [0.4, 0.5) is 0 Å². The highest BCUT2D eigenvalue weighted by Crippen LogP contribution is 2.41. The van der Waals surface area contributed by atoms with Crippen LogP contribution in [-0.2, 0) is 19.5 Å². The molecule has 1 saturated heterocycles. The van der Waals surface area contributed by atoms with Gasteiger partial charge in [-0.25, -0.2) is 4.98 Å². The lowest BCUT2D eigenvalue weighted by Crippen LogP contribution is -2.45. The van der Waals surface area contributed by atoms with Gasteiger partial charge in [0.1, 0.15) is 5.82 Å². The lowest BCUT2D eigenvalue weighted by atomic mass is 9.73. The molecule has 1 amide bonds. The average Bonchev–Trinajstić information content (AvgIpc) is 3.52. The Balaban J connectivity index is 1.23. The van der Waals surface area contributed by atoms with E-state index in [-0.39, 0.29) is 11.3 Å². The van der Waals surface area contributed by atoms with E-state index in [0.717, 1.165) is 69.8 Å². The third kappa shape index (κ3) is 3.93. The van der Waals surface area contributed by atoms with Crippen LogP contribution < -0.4 is 10.1 Å². The maximum absolute atomic E-state index is 12.6. The molecule has 2 fully saturated rings. The molecule has 2 aliphatic heterocycles. The second-order valence-electron chi connectivity index (χ2n) is 9.13. The number of carbonyl (C=O) groups is 1. The summed E-state index contributed by atoms with van der Waals surface area (Å²) in [6, 6.07) is 4.06. The van der Waals surface area contributed by atoms with Crippen LogP contribution in [0.25, 0.3) is 0 Å². The third-order valence-electron chi connectivity index (χ3n) is 7.01. The molecule has 1 spiro atoms. The minimum absolute atomic E-state index is 0.0705. The van der Waals surface area contributed by atoms with Crippen LogP contribution in [0.3, 0.4) is 0 Å². The maximum Gasteiger partial charge on any atom is 0.289 e. The van der Waals surface area contributed by atoms with Crippen molar-refractivity contribution in [1.29, 1.82) is 0 Å². The fourth-order valence-corrected chi connectivity index (χ4v) is 4.85. The monoisotopic (exact) mass is 410 g/mol. The zero-order chi connectivity index (χ0) is 20.6. The number of rotatable bonds is 6. The number of methoxy groups -OCH3 is 1. The summed E-state index contributed by atoms with van der Waals surface area (Å²) in [6.45, 7) is 4.56. The average molecular weight is 411 g/mol. The summed E-state index contributed by atoms with van der Waals surface area (Å²) in [4.78, 5) is 19.4. The molecule has 160 valence electrons. The quantitative estimate of drug-likeness (QED) is 0.785. The van der Waals surface area contributed by atoms with Crippen LogP contribution in [0.5, 0.6) is 5.88 Å². The van der Waals surface area contributed by atoms with Crippen LogP contribution in [0, 0.1) is 11.3 Å². The van der Waals surface area contributed by atoms with Gasteiger partial charge < -0.3 is 14.6 Å². The number of hydrogen-bond donors (Lipinski definition) is 1. The Hall–Kier alpha value is -2.48. The normalized spacial score (nSPS) is 20.7. The Labute approximate surface area is 177 Å². The number of fused-ring (bicyclic) bond motifs is 1. The van der Waals surface area contributed by atoms with Crippen molar-refractivity contribution in [3.63, 3.8) is 0 Å². The maximum atomic E-state index is 12.6. The predicted octanol–water partition coefficient (Wildman–Crippen LogP) is 2.05. The molecule has 1 saturated carbocycles.